The van der Waals surface area contributed by atoms with Gasteiger partial charge in [0.1, 0.15) is 0 Å². The molecule has 0 nitrogen and oxygen atoms in total. The molecule has 4 bridgehead atoms. The van der Waals surface area contributed by atoms with Crippen molar-refractivity contribution in [2.75, 3.05) is 0 Å². The molecule has 5 aliphatic rings. The van der Waals surface area contributed by atoms with Crippen molar-refractivity contribution in [3.8, 4) is 0 Å². The van der Waals surface area contributed by atoms with Crippen LogP contribution in [-0.2, 0) is 0 Å². The summed E-state index contributed by atoms with van der Waals surface area (Å²) in [5.41, 5.74) is 3.97. The second-order valence-corrected chi connectivity index (χ2v) is 5.43. The van der Waals surface area contributed by atoms with Crippen molar-refractivity contribution in [1.82, 2.24) is 0 Å². The third kappa shape index (κ3) is 0.551. The Morgan fingerprint density at radius 1 is 0.833 bits per heavy atom. The molecule has 5 aliphatic carbocycles. The molecule has 0 aliphatic heterocycles. The fraction of sp³-hybridized carbons (Fsp3) is 0.833. The van der Waals surface area contributed by atoms with Crippen LogP contribution < -0.4 is 0 Å². The van der Waals surface area contributed by atoms with Crippen LogP contribution in [0.1, 0.15) is 38.5 Å². The lowest BCUT2D eigenvalue weighted by molar-refractivity contribution is 0.185. The van der Waals surface area contributed by atoms with Crippen molar-refractivity contribution in [3.63, 3.8) is 0 Å². The Hall–Kier alpha value is -0.260. The first-order valence-electron chi connectivity index (χ1n) is 5.64. The lowest BCUT2D eigenvalue weighted by atomic mass is 9.60. The number of allylic oxidation sites excluding steroid dienone is 2. The van der Waals surface area contributed by atoms with Gasteiger partial charge in [0.15, 0.2) is 0 Å². The van der Waals surface area contributed by atoms with E-state index in [4.69, 9.17) is 0 Å². The number of rotatable bonds is 0. The lowest BCUT2D eigenvalue weighted by Crippen LogP contribution is -2.33. The first-order valence-corrected chi connectivity index (χ1v) is 5.64. The van der Waals surface area contributed by atoms with E-state index in [0.29, 0.717) is 0 Å². The highest BCUT2D eigenvalue weighted by Gasteiger charge is 2.49. The Bertz CT molecular complexity index is 268. The largest absolute Gasteiger partial charge is 0.0670 e. The zero-order chi connectivity index (χ0) is 7.71. The summed E-state index contributed by atoms with van der Waals surface area (Å²) >= 11 is 0. The monoisotopic (exact) mass is 160 g/mol. The summed E-state index contributed by atoms with van der Waals surface area (Å²) in [7, 11) is 0. The van der Waals surface area contributed by atoms with Crippen molar-refractivity contribution in [2.45, 2.75) is 38.5 Å². The van der Waals surface area contributed by atoms with Crippen LogP contribution in [0.15, 0.2) is 11.1 Å². The van der Waals surface area contributed by atoms with E-state index in [1.807, 2.05) is 11.1 Å². The van der Waals surface area contributed by atoms with Gasteiger partial charge in [-0.3, -0.25) is 0 Å². The second-order valence-electron chi connectivity index (χ2n) is 5.43. The molecule has 0 radical (unpaired) electrons. The van der Waals surface area contributed by atoms with Gasteiger partial charge in [-0.25, -0.2) is 0 Å². The van der Waals surface area contributed by atoms with Crippen LogP contribution in [0.4, 0.5) is 0 Å². The maximum absolute atomic E-state index is 1.99. The first-order chi connectivity index (χ1) is 5.92. The molecular formula is C12H16. The van der Waals surface area contributed by atoms with Crippen LogP contribution >= 0.6 is 0 Å². The normalized spacial score (nSPS) is 54.0. The third-order valence-electron chi connectivity index (χ3n) is 4.92. The van der Waals surface area contributed by atoms with Crippen LogP contribution in [-0.4, -0.2) is 0 Å². The molecule has 2 unspecified atom stereocenters. The molecule has 5 rings (SSSR count). The van der Waals surface area contributed by atoms with Crippen LogP contribution in [0.25, 0.3) is 0 Å². The zero-order valence-electron chi connectivity index (χ0n) is 7.55. The van der Waals surface area contributed by atoms with Crippen molar-refractivity contribution in [3.05, 3.63) is 11.1 Å². The van der Waals surface area contributed by atoms with Gasteiger partial charge in [0.05, 0.1) is 0 Å². The minimum absolute atomic E-state index is 1.08. The van der Waals surface area contributed by atoms with Crippen LogP contribution in [0, 0.1) is 23.7 Å². The van der Waals surface area contributed by atoms with E-state index in [2.05, 4.69) is 0 Å². The molecule has 2 atom stereocenters. The van der Waals surface area contributed by atoms with Crippen molar-refractivity contribution in [1.29, 1.82) is 0 Å². The van der Waals surface area contributed by atoms with Gasteiger partial charge in [-0.1, -0.05) is 11.1 Å². The van der Waals surface area contributed by atoms with Gasteiger partial charge >= 0.3 is 0 Å². The summed E-state index contributed by atoms with van der Waals surface area (Å²) < 4.78 is 0. The maximum Gasteiger partial charge on any atom is -0.0192 e. The molecule has 0 N–H and O–H groups in total. The van der Waals surface area contributed by atoms with E-state index in [0.717, 1.165) is 23.7 Å². The van der Waals surface area contributed by atoms with Gasteiger partial charge in [0, 0.05) is 0 Å². The molecule has 0 spiro atoms. The molecule has 0 aromatic heterocycles. The Morgan fingerprint density at radius 3 is 2.50 bits per heavy atom. The van der Waals surface area contributed by atoms with E-state index < -0.39 is 0 Å². The lowest BCUT2D eigenvalue weighted by Gasteiger charge is -2.45. The van der Waals surface area contributed by atoms with Crippen LogP contribution in [0.2, 0.25) is 0 Å². The predicted molar refractivity (Wildman–Crippen MR) is 48.7 cm³/mol. The van der Waals surface area contributed by atoms with Crippen LogP contribution in [0.3, 0.4) is 0 Å². The maximum atomic E-state index is 1.99. The van der Waals surface area contributed by atoms with Gasteiger partial charge in [-0.05, 0) is 62.2 Å². The standard InChI is InChI=1S/C12H16/c1-2-9-6-8(1)11-5-7-3-10(4-7)12(9)11/h7-10H,1-6H2. The van der Waals surface area contributed by atoms with Crippen molar-refractivity contribution < 1.29 is 0 Å². The molecule has 2 saturated carbocycles. The van der Waals surface area contributed by atoms with Crippen LogP contribution in [0.5, 0.6) is 0 Å². The Labute approximate surface area is 74.0 Å². The highest BCUT2D eigenvalue weighted by molar-refractivity contribution is 5.36. The fourth-order valence-corrected chi connectivity index (χ4v) is 4.43. The number of hydrogen-bond donors (Lipinski definition) is 0. The summed E-state index contributed by atoms with van der Waals surface area (Å²) in [4.78, 5) is 0. The van der Waals surface area contributed by atoms with Gasteiger partial charge in [-0.15, -0.1) is 0 Å². The molecule has 0 amide bonds. The molecule has 0 aromatic carbocycles. The zero-order valence-corrected chi connectivity index (χ0v) is 7.55. The van der Waals surface area contributed by atoms with E-state index in [-0.39, 0.29) is 0 Å². The van der Waals surface area contributed by atoms with Gasteiger partial charge < -0.3 is 0 Å². The molecule has 0 heterocycles. The predicted octanol–water partition coefficient (Wildman–Crippen LogP) is 3.14. The first kappa shape index (κ1) is 6.23. The van der Waals surface area contributed by atoms with E-state index in [1.165, 1.54) is 6.42 Å². The highest BCUT2D eigenvalue weighted by atomic mass is 14.5. The SMILES string of the molecule is C1C2=C(C3CC1C3)C1CCC2C1. The summed E-state index contributed by atoms with van der Waals surface area (Å²) in [6.07, 6.45) is 9.32. The van der Waals surface area contributed by atoms with Gasteiger partial charge in [0.2, 0.25) is 0 Å². The Kier molecular flexibility index (Phi) is 0.939. The molecule has 0 aromatic rings. The fourth-order valence-electron chi connectivity index (χ4n) is 4.43. The molecule has 64 valence electrons. The number of fused-ring (bicyclic) bond motifs is 2. The van der Waals surface area contributed by atoms with Gasteiger partial charge in [0.25, 0.3) is 0 Å². The van der Waals surface area contributed by atoms with Gasteiger partial charge in [-0.2, -0.15) is 0 Å². The Morgan fingerprint density at radius 2 is 1.67 bits per heavy atom. The van der Waals surface area contributed by atoms with Crippen molar-refractivity contribution >= 4 is 0 Å². The second kappa shape index (κ2) is 1.81. The molecule has 0 saturated heterocycles. The molecular weight excluding hydrogens is 144 g/mol. The average molecular weight is 160 g/mol. The van der Waals surface area contributed by atoms with E-state index in [1.54, 1.807) is 32.1 Å². The smallest absolute Gasteiger partial charge is 0.0192 e. The average Bonchev–Trinajstić information content (AvgIpc) is 2.61. The quantitative estimate of drug-likeness (QED) is 0.477. The highest BCUT2D eigenvalue weighted by Crippen LogP contribution is 2.62. The minimum Gasteiger partial charge on any atom is -0.0670 e. The number of hydrogen-bond acceptors (Lipinski definition) is 0. The summed E-state index contributed by atoms with van der Waals surface area (Å²) in [5.74, 6) is 4.38. The van der Waals surface area contributed by atoms with E-state index in [9.17, 15) is 0 Å². The molecule has 12 heavy (non-hydrogen) atoms. The summed E-state index contributed by atoms with van der Waals surface area (Å²) in [5, 5.41) is 0. The third-order valence-corrected chi connectivity index (χ3v) is 4.92. The molecule has 2 fully saturated rings. The minimum atomic E-state index is 1.08. The molecule has 0 heteroatoms. The Balaban J connectivity index is 1.86. The van der Waals surface area contributed by atoms with E-state index >= 15 is 0 Å². The summed E-state index contributed by atoms with van der Waals surface area (Å²) in [6, 6.07) is 0. The summed E-state index contributed by atoms with van der Waals surface area (Å²) in [6.45, 7) is 0. The van der Waals surface area contributed by atoms with Crippen molar-refractivity contribution in [2.24, 2.45) is 23.7 Å². The topological polar surface area (TPSA) is 0 Å².